The first-order valence-corrected chi connectivity index (χ1v) is 13.9. The lowest BCUT2D eigenvalue weighted by Gasteiger charge is -2.23. The SMILES string of the molecule is C=Cc1ccc(S(=O)(=O)Oc2c(I)cc(I)cc2C(=O)OCCC(F)C(F)(F)S(=O)(=O)[O-])cc1. The monoisotopic (exact) mass is 745 g/mol. The van der Waals surface area contributed by atoms with E-state index in [1.54, 1.807) is 22.6 Å². The van der Waals surface area contributed by atoms with Crippen LogP contribution in [0.1, 0.15) is 22.3 Å². The molecule has 0 bridgehead atoms. The smallest absolute Gasteiger partial charge is 0.364 e. The Labute approximate surface area is 220 Å². The van der Waals surface area contributed by atoms with Gasteiger partial charge in [-0.15, -0.1) is 0 Å². The molecule has 0 fully saturated rings. The Morgan fingerprint density at radius 2 is 1.74 bits per heavy atom. The van der Waals surface area contributed by atoms with Crippen LogP contribution in [0.4, 0.5) is 13.2 Å². The van der Waals surface area contributed by atoms with E-state index in [1.165, 1.54) is 42.5 Å². The molecule has 2 rings (SSSR count). The fourth-order valence-electron chi connectivity index (χ4n) is 2.38. The van der Waals surface area contributed by atoms with Crippen molar-refractivity contribution in [2.45, 2.75) is 22.7 Å². The standard InChI is InChI=1S/C19H15F3I2O8S2/c1-2-11-3-5-13(6-4-11)33(26,27)32-17-14(9-12(23)10-15(17)24)18(25)31-8-7-16(20)19(21,22)34(28,29)30/h2-6,9-10,16H,1,7-8H2,(H,28,29,30)/p-1. The largest absolute Gasteiger partial charge is 0.743 e. The minimum absolute atomic E-state index is 0.190. The number of alkyl halides is 3. The number of carbonyl (C=O) groups is 1. The first-order valence-electron chi connectivity index (χ1n) is 8.90. The maximum absolute atomic E-state index is 13.6. The molecule has 2 aromatic rings. The quantitative estimate of drug-likeness (QED) is 0.152. The number of ether oxygens (including phenoxy) is 1. The van der Waals surface area contributed by atoms with Crippen molar-refractivity contribution in [1.82, 2.24) is 0 Å². The number of hydrogen-bond acceptors (Lipinski definition) is 8. The van der Waals surface area contributed by atoms with E-state index in [0.29, 0.717) is 9.13 Å². The molecule has 34 heavy (non-hydrogen) atoms. The lowest BCUT2D eigenvalue weighted by molar-refractivity contribution is -0.0169. The van der Waals surface area contributed by atoms with Crippen molar-refractivity contribution in [3.63, 3.8) is 0 Å². The van der Waals surface area contributed by atoms with E-state index in [9.17, 15) is 39.4 Å². The van der Waals surface area contributed by atoms with Crippen molar-refractivity contribution < 1.29 is 48.3 Å². The summed E-state index contributed by atoms with van der Waals surface area (Å²) in [5.41, 5.74) is 0.245. The van der Waals surface area contributed by atoms with Crippen molar-refractivity contribution in [3.05, 3.63) is 61.2 Å². The van der Waals surface area contributed by atoms with E-state index in [4.69, 9.17) is 8.92 Å². The molecule has 186 valence electrons. The minimum Gasteiger partial charge on any atom is -0.743 e. The summed E-state index contributed by atoms with van der Waals surface area (Å²) in [6.07, 6.45) is -3.23. The van der Waals surface area contributed by atoms with Crippen molar-refractivity contribution in [2.24, 2.45) is 0 Å². The van der Waals surface area contributed by atoms with E-state index < -0.39 is 62.0 Å². The van der Waals surface area contributed by atoms with Crippen LogP contribution in [-0.2, 0) is 25.0 Å². The van der Waals surface area contributed by atoms with Gasteiger partial charge in [-0.05, 0) is 75.0 Å². The second-order valence-corrected chi connectivity index (χ2v) is 11.9. The number of carbonyl (C=O) groups excluding carboxylic acids is 1. The molecule has 0 saturated carbocycles. The summed E-state index contributed by atoms with van der Waals surface area (Å²) in [4.78, 5) is 12.3. The summed E-state index contributed by atoms with van der Waals surface area (Å²) in [6, 6.07) is 8.15. The lowest BCUT2D eigenvalue weighted by Crippen LogP contribution is -2.39. The predicted octanol–water partition coefficient (Wildman–Crippen LogP) is 4.33. The molecule has 0 radical (unpaired) electrons. The Morgan fingerprint density at radius 3 is 2.26 bits per heavy atom. The highest BCUT2D eigenvalue weighted by Gasteiger charge is 2.47. The second-order valence-electron chi connectivity index (χ2n) is 6.48. The summed E-state index contributed by atoms with van der Waals surface area (Å²) >= 11 is 3.52. The third kappa shape index (κ3) is 6.82. The Bertz CT molecular complexity index is 1300. The van der Waals surface area contributed by atoms with E-state index >= 15 is 0 Å². The van der Waals surface area contributed by atoms with Gasteiger partial charge in [-0.1, -0.05) is 24.8 Å². The van der Waals surface area contributed by atoms with Crippen LogP contribution in [0, 0.1) is 7.14 Å². The number of esters is 1. The van der Waals surface area contributed by atoms with Crippen LogP contribution in [0.25, 0.3) is 6.08 Å². The van der Waals surface area contributed by atoms with Gasteiger partial charge >= 0.3 is 21.3 Å². The van der Waals surface area contributed by atoms with Gasteiger partial charge < -0.3 is 13.5 Å². The van der Waals surface area contributed by atoms with E-state index in [2.05, 4.69) is 6.58 Å². The third-order valence-corrected chi connectivity index (χ3v) is 7.71. The topological polar surface area (TPSA) is 127 Å². The highest BCUT2D eigenvalue weighted by molar-refractivity contribution is 14.1. The van der Waals surface area contributed by atoms with Gasteiger partial charge in [0.1, 0.15) is 10.5 Å². The first-order chi connectivity index (χ1) is 15.6. The normalized spacial score (nSPS) is 13.2. The molecular formula is C19H14F3I2O8S2-. The summed E-state index contributed by atoms with van der Waals surface area (Å²) in [5, 5.41) is -5.21. The molecule has 2 aromatic carbocycles. The molecule has 0 aliphatic carbocycles. The van der Waals surface area contributed by atoms with Crippen LogP contribution in [-0.4, -0.2) is 45.4 Å². The predicted molar refractivity (Wildman–Crippen MR) is 131 cm³/mol. The molecule has 0 amide bonds. The van der Waals surface area contributed by atoms with Gasteiger partial charge in [0.05, 0.1) is 10.2 Å². The molecule has 0 aliphatic heterocycles. The van der Waals surface area contributed by atoms with E-state index in [0.717, 1.165) is 0 Å². The van der Waals surface area contributed by atoms with Gasteiger partial charge in [0, 0.05) is 9.99 Å². The van der Waals surface area contributed by atoms with Crippen LogP contribution in [0.2, 0.25) is 0 Å². The molecule has 1 unspecified atom stereocenters. The van der Waals surface area contributed by atoms with Crippen molar-refractivity contribution in [3.8, 4) is 5.75 Å². The molecule has 0 saturated heterocycles. The fraction of sp³-hybridized carbons (Fsp3) is 0.211. The molecule has 0 heterocycles. The van der Waals surface area contributed by atoms with Gasteiger partial charge in [0.25, 0.3) is 0 Å². The van der Waals surface area contributed by atoms with Gasteiger partial charge in [0.15, 0.2) is 22.0 Å². The van der Waals surface area contributed by atoms with Crippen LogP contribution in [0.15, 0.2) is 47.9 Å². The maximum Gasteiger partial charge on any atom is 0.364 e. The zero-order valence-electron chi connectivity index (χ0n) is 16.7. The van der Waals surface area contributed by atoms with Gasteiger partial charge in [-0.25, -0.2) is 17.6 Å². The average molecular weight is 745 g/mol. The Hall–Kier alpha value is -1.44. The Kier molecular flexibility index (Phi) is 9.39. The molecule has 15 heteroatoms. The van der Waals surface area contributed by atoms with E-state index in [1.807, 2.05) is 22.6 Å². The second kappa shape index (κ2) is 11.1. The molecular weight excluding hydrogens is 731 g/mol. The maximum atomic E-state index is 13.6. The van der Waals surface area contributed by atoms with Crippen molar-refractivity contribution in [2.75, 3.05) is 6.61 Å². The van der Waals surface area contributed by atoms with Crippen LogP contribution in [0.3, 0.4) is 0 Å². The highest BCUT2D eigenvalue weighted by Crippen LogP contribution is 2.33. The number of rotatable bonds is 10. The number of halogens is 5. The van der Waals surface area contributed by atoms with Crippen LogP contribution < -0.4 is 4.18 Å². The molecule has 8 nitrogen and oxygen atoms in total. The average Bonchev–Trinajstić information content (AvgIpc) is 2.74. The fourth-order valence-corrected chi connectivity index (χ4v) is 5.88. The Balaban J connectivity index is 2.26. The number of hydrogen-bond donors (Lipinski definition) is 0. The number of benzene rings is 2. The summed E-state index contributed by atoms with van der Waals surface area (Å²) in [6.45, 7) is 2.53. The van der Waals surface area contributed by atoms with E-state index in [-0.39, 0.29) is 8.47 Å². The minimum atomic E-state index is -6.27. The van der Waals surface area contributed by atoms with Crippen molar-refractivity contribution in [1.29, 1.82) is 0 Å². The molecule has 0 aromatic heterocycles. The summed E-state index contributed by atoms with van der Waals surface area (Å²) < 4.78 is 107. The first kappa shape index (κ1) is 28.8. The Morgan fingerprint density at radius 1 is 1.15 bits per heavy atom. The highest BCUT2D eigenvalue weighted by atomic mass is 127. The lowest BCUT2D eigenvalue weighted by atomic mass is 10.2. The summed E-state index contributed by atoms with van der Waals surface area (Å²) in [7, 11) is -10.7. The van der Waals surface area contributed by atoms with Crippen molar-refractivity contribution >= 4 is 77.5 Å². The zero-order chi connectivity index (χ0) is 25.9. The van der Waals surface area contributed by atoms with Gasteiger partial charge in [0.2, 0.25) is 0 Å². The summed E-state index contributed by atoms with van der Waals surface area (Å²) in [5.74, 6) is -1.66. The van der Waals surface area contributed by atoms with Crippen LogP contribution in [0.5, 0.6) is 5.75 Å². The van der Waals surface area contributed by atoms with Crippen LogP contribution >= 0.6 is 45.2 Å². The molecule has 0 aliphatic rings. The molecule has 0 spiro atoms. The molecule has 1 atom stereocenters. The molecule has 0 N–H and O–H groups in total. The van der Waals surface area contributed by atoms with Gasteiger partial charge in [-0.3, -0.25) is 0 Å². The third-order valence-electron chi connectivity index (χ3n) is 4.13. The van der Waals surface area contributed by atoms with Gasteiger partial charge in [-0.2, -0.15) is 17.2 Å². The zero-order valence-corrected chi connectivity index (χ0v) is 22.7.